The monoisotopic (exact) mass is 500 g/mol. The summed E-state index contributed by atoms with van der Waals surface area (Å²) in [6.45, 7) is 21.0. The minimum Gasteiger partial charge on any atom is -0.413 e. The van der Waals surface area contributed by atoms with E-state index in [1.807, 2.05) is 20.8 Å². The van der Waals surface area contributed by atoms with Crippen LogP contribution in [0.2, 0.25) is 18.1 Å². The zero-order valence-corrected chi connectivity index (χ0v) is 24.2. The van der Waals surface area contributed by atoms with Crippen molar-refractivity contribution in [2.45, 2.75) is 109 Å². The molecule has 1 unspecified atom stereocenters. The SMILES string of the molecule is CCOC(C)O[C@@H]1[C@H](C)[C@@H](O[Si](C)(C)C(C)(C)C)[C@@H]2[C@@H]3[C@H]1O[C@]1(OCC)C[C@H]2C(OC)(OC)[C@H]31. The highest BCUT2D eigenvalue weighted by molar-refractivity contribution is 6.74. The van der Waals surface area contributed by atoms with Gasteiger partial charge in [0.15, 0.2) is 26.2 Å². The molecule has 8 heteroatoms. The second-order valence-corrected chi connectivity index (χ2v) is 17.0. The van der Waals surface area contributed by atoms with Crippen LogP contribution in [0.15, 0.2) is 0 Å². The first-order valence-electron chi connectivity index (χ1n) is 13.2. The molecule has 4 fully saturated rings. The fourth-order valence-electron chi connectivity index (χ4n) is 7.45. The molecule has 4 aliphatic rings. The summed E-state index contributed by atoms with van der Waals surface area (Å²) in [4.78, 5) is 0. The fourth-order valence-corrected chi connectivity index (χ4v) is 8.85. The Morgan fingerprint density at radius 3 is 2.21 bits per heavy atom. The molecule has 0 amide bonds. The van der Waals surface area contributed by atoms with Gasteiger partial charge in [-0.3, -0.25) is 0 Å². The van der Waals surface area contributed by atoms with E-state index in [0.717, 1.165) is 6.42 Å². The van der Waals surface area contributed by atoms with E-state index in [2.05, 4.69) is 40.8 Å². The van der Waals surface area contributed by atoms with Crippen molar-refractivity contribution in [1.82, 2.24) is 0 Å². The standard InChI is InChI=1S/C26H48O7Si/c1-12-29-16(4)31-21-15(3)20(33-34(10,11)24(5,6)7)18-17-14-25(30-13-2)23(19(18)22(21)32-25)26(17,27-8)28-9/h15-23H,12-14H2,1-11H3/t15-,16?,17-,18+,19-,20-,21-,22-,23-,25-/m1/s1. The Morgan fingerprint density at radius 1 is 1.03 bits per heavy atom. The van der Waals surface area contributed by atoms with E-state index in [0.29, 0.717) is 13.2 Å². The lowest BCUT2D eigenvalue weighted by Crippen LogP contribution is -2.59. The summed E-state index contributed by atoms with van der Waals surface area (Å²) in [5.41, 5.74) is 0. The summed E-state index contributed by atoms with van der Waals surface area (Å²) in [5, 5.41) is 0.108. The largest absolute Gasteiger partial charge is 0.413 e. The Bertz CT molecular complexity index is 735. The molecule has 0 aromatic heterocycles. The lowest BCUT2D eigenvalue weighted by molar-refractivity contribution is -0.294. The summed E-state index contributed by atoms with van der Waals surface area (Å²) in [7, 11) is 1.47. The van der Waals surface area contributed by atoms with Gasteiger partial charge in [-0.1, -0.05) is 27.7 Å². The molecule has 0 aromatic rings. The first-order chi connectivity index (χ1) is 15.8. The fraction of sp³-hybridized carbons (Fsp3) is 1.00. The molecule has 1 heterocycles. The van der Waals surface area contributed by atoms with E-state index >= 15 is 0 Å². The maximum absolute atomic E-state index is 7.25. The highest BCUT2D eigenvalue weighted by Gasteiger charge is 2.84. The quantitative estimate of drug-likeness (QED) is 0.315. The first kappa shape index (κ1) is 27.0. The third-order valence-corrected chi connectivity index (χ3v) is 14.2. The summed E-state index contributed by atoms with van der Waals surface area (Å²) in [6.07, 6.45) is 0.186. The number of ether oxygens (including phenoxy) is 6. The Hall–Kier alpha value is -0.0631. The first-order valence-corrected chi connectivity index (χ1v) is 16.1. The van der Waals surface area contributed by atoms with Crippen LogP contribution in [0.3, 0.4) is 0 Å². The molecule has 2 bridgehead atoms. The van der Waals surface area contributed by atoms with Crippen molar-refractivity contribution in [3.05, 3.63) is 0 Å². The maximum Gasteiger partial charge on any atom is 0.192 e. The Morgan fingerprint density at radius 2 is 1.68 bits per heavy atom. The van der Waals surface area contributed by atoms with E-state index in [1.54, 1.807) is 14.2 Å². The van der Waals surface area contributed by atoms with Crippen molar-refractivity contribution in [1.29, 1.82) is 0 Å². The van der Waals surface area contributed by atoms with Crippen LogP contribution in [0.1, 0.15) is 54.9 Å². The van der Waals surface area contributed by atoms with E-state index in [4.69, 9.17) is 32.8 Å². The summed E-state index contributed by atoms with van der Waals surface area (Å²) < 4.78 is 45.4. The highest BCUT2D eigenvalue weighted by Crippen LogP contribution is 2.74. The molecule has 0 aromatic carbocycles. The predicted molar refractivity (Wildman–Crippen MR) is 132 cm³/mol. The molecule has 0 N–H and O–H groups in total. The number of methoxy groups -OCH3 is 2. The number of rotatable bonds is 10. The van der Waals surface area contributed by atoms with Gasteiger partial charge in [-0.05, 0) is 44.8 Å². The van der Waals surface area contributed by atoms with Gasteiger partial charge >= 0.3 is 0 Å². The van der Waals surface area contributed by atoms with Crippen molar-refractivity contribution in [2.75, 3.05) is 27.4 Å². The van der Waals surface area contributed by atoms with Crippen LogP contribution < -0.4 is 0 Å². The normalized spacial score (nSPS) is 43.5. The van der Waals surface area contributed by atoms with Gasteiger partial charge in [-0.2, -0.15) is 0 Å². The Kier molecular flexibility index (Phi) is 7.18. The summed E-state index contributed by atoms with van der Waals surface area (Å²) >= 11 is 0. The Labute approximate surface area is 207 Å². The van der Waals surface area contributed by atoms with Crippen LogP contribution in [-0.2, 0) is 32.8 Å². The maximum atomic E-state index is 7.25. The summed E-state index contributed by atoms with van der Waals surface area (Å²) in [6, 6.07) is 0. The Balaban J connectivity index is 1.79. The van der Waals surface area contributed by atoms with Gasteiger partial charge in [0, 0.05) is 51.6 Å². The van der Waals surface area contributed by atoms with E-state index in [-0.39, 0.29) is 59.2 Å². The molecule has 10 atom stereocenters. The second-order valence-electron chi connectivity index (χ2n) is 12.2. The van der Waals surface area contributed by atoms with Crippen LogP contribution in [-0.4, -0.2) is 71.9 Å². The van der Waals surface area contributed by atoms with Gasteiger partial charge in [0.1, 0.15) is 0 Å². The number of hydrogen-bond donors (Lipinski definition) is 0. The molecule has 7 nitrogen and oxygen atoms in total. The topological polar surface area (TPSA) is 64.6 Å². The average molecular weight is 501 g/mol. The average Bonchev–Trinajstić information content (AvgIpc) is 3.28. The van der Waals surface area contributed by atoms with Crippen LogP contribution in [0.4, 0.5) is 0 Å². The van der Waals surface area contributed by atoms with E-state index in [1.165, 1.54) is 0 Å². The third kappa shape index (κ3) is 3.70. The van der Waals surface area contributed by atoms with Gasteiger partial charge < -0.3 is 32.8 Å². The minimum atomic E-state index is -2.06. The lowest BCUT2D eigenvalue weighted by atomic mass is 9.64. The molecular formula is C26H48O7Si. The third-order valence-electron chi connectivity index (χ3n) is 9.69. The molecule has 1 saturated heterocycles. The molecule has 0 spiro atoms. The van der Waals surface area contributed by atoms with Crippen molar-refractivity contribution >= 4 is 8.32 Å². The number of fused-ring (bicyclic) bond motifs is 2. The van der Waals surface area contributed by atoms with E-state index < -0.39 is 19.9 Å². The van der Waals surface area contributed by atoms with Gasteiger partial charge in [-0.15, -0.1) is 0 Å². The number of hydrogen-bond acceptors (Lipinski definition) is 7. The van der Waals surface area contributed by atoms with Crippen molar-refractivity contribution in [3.63, 3.8) is 0 Å². The molecule has 3 saturated carbocycles. The van der Waals surface area contributed by atoms with Gasteiger partial charge in [0.05, 0.1) is 24.2 Å². The zero-order chi connectivity index (χ0) is 25.3. The molecule has 4 rings (SSSR count). The van der Waals surface area contributed by atoms with Crippen LogP contribution in [0.25, 0.3) is 0 Å². The summed E-state index contributed by atoms with van der Waals surface area (Å²) in [5.74, 6) is -0.773. The lowest BCUT2D eigenvalue weighted by Gasteiger charge is -2.51. The molecule has 1 aliphatic heterocycles. The van der Waals surface area contributed by atoms with Gasteiger partial charge in [0.25, 0.3) is 0 Å². The molecule has 3 aliphatic carbocycles. The molecule has 0 radical (unpaired) electrons. The molecule has 198 valence electrons. The van der Waals surface area contributed by atoms with Gasteiger partial charge in [0.2, 0.25) is 0 Å². The van der Waals surface area contributed by atoms with E-state index in [9.17, 15) is 0 Å². The molecule has 34 heavy (non-hydrogen) atoms. The molecular weight excluding hydrogens is 452 g/mol. The minimum absolute atomic E-state index is 0.0264. The van der Waals surface area contributed by atoms with Crippen LogP contribution in [0, 0.1) is 29.6 Å². The van der Waals surface area contributed by atoms with Gasteiger partial charge in [-0.25, -0.2) is 0 Å². The smallest absolute Gasteiger partial charge is 0.192 e. The van der Waals surface area contributed by atoms with Crippen molar-refractivity contribution in [3.8, 4) is 0 Å². The highest BCUT2D eigenvalue weighted by atomic mass is 28.4. The van der Waals surface area contributed by atoms with Crippen molar-refractivity contribution in [2.24, 2.45) is 29.6 Å². The van der Waals surface area contributed by atoms with Crippen molar-refractivity contribution < 1.29 is 32.8 Å². The van der Waals surface area contributed by atoms with Crippen LogP contribution >= 0.6 is 0 Å². The van der Waals surface area contributed by atoms with Crippen LogP contribution in [0.5, 0.6) is 0 Å². The predicted octanol–water partition coefficient (Wildman–Crippen LogP) is 4.80. The zero-order valence-electron chi connectivity index (χ0n) is 23.2. The second kappa shape index (κ2) is 9.05.